The number of anilines is 1. The van der Waals surface area contributed by atoms with Crippen molar-refractivity contribution in [2.45, 2.75) is 20.0 Å². The van der Waals surface area contributed by atoms with Crippen LogP contribution < -0.4 is 4.90 Å². The second-order valence-electron chi connectivity index (χ2n) is 7.52. The molecule has 2 aromatic rings. The Morgan fingerprint density at radius 3 is 2.77 bits per heavy atom. The quantitative estimate of drug-likeness (QED) is 0.629. The minimum atomic E-state index is -0.372. The Hall–Kier alpha value is -2.48. The first-order valence-corrected chi connectivity index (χ1v) is 10.3. The van der Waals surface area contributed by atoms with Crippen molar-refractivity contribution in [3.63, 3.8) is 0 Å². The van der Waals surface area contributed by atoms with E-state index in [-0.39, 0.29) is 18.4 Å². The van der Waals surface area contributed by atoms with Crippen LogP contribution in [0.4, 0.5) is 5.69 Å². The smallest absolute Gasteiger partial charge is 0.338 e. The van der Waals surface area contributed by atoms with Crippen molar-refractivity contribution >= 4 is 29.2 Å². The molecule has 0 saturated carbocycles. The summed E-state index contributed by atoms with van der Waals surface area (Å²) < 4.78 is 5.07. The van der Waals surface area contributed by atoms with Crippen LogP contribution in [-0.4, -0.2) is 67.0 Å². The Kier molecular flexibility index (Phi) is 7.42. The number of amides is 1. The number of halogens is 1. The molecule has 1 amide bonds. The van der Waals surface area contributed by atoms with Gasteiger partial charge in [-0.1, -0.05) is 17.7 Å². The molecular weight excluding hydrogens is 404 g/mol. The molecule has 0 radical (unpaired) electrons. The number of hydrogen-bond donors (Lipinski definition) is 0. The van der Waals surface area contributed by atoms with Gasteiger partial charge in [0.25, 0.3) is 0 Å². The maximum atomic E-state index is 13.1. The first-order chi connectivity index (χ1) is 14.4. The second kappa shape index (κ2) is 10.0. The second-order valence-corrected chi connectivity index (χ2v) is 7.96. The first kappa shape index (κ1) is 22.2. The summed E-state index contributed by atoms with van der Waals surface area (Å²) in [5.41, 5.74) is 3.06. The number of carbonyl (C=O) groups excluding carboxylic acids is 2. The first-order valence-electron chi connectivity index (χ1n) is 9.95. The van der Waals surface area contributed by atoms with E-state index in [1.54, 1.807) is 25.3 Å². The highest BCUT2D eigenvalue weighted by atomic mass is 35.5. The van der Waals surface area contributed by atoms with Gasteiger partial charge in [-0.15, -0.1) is 0 Å². The molecule has 0 spiro atoms. The van der Waals surface area contributed by atoms with Gasteiger partial charge in [0.05, 0.1) is 24.4 Å². The van der Waals surface area contributed by atoms with Crippen molar-refractivity contribution < 1.29 is 14.3 Å². The monoisotopic (exact) mass is 430 g/mol. The number of hydrogen-bond acceptors (Lipinski definition) is 6. The molecule has 0 atom stereocenters. The minimum absolute atomic E-state index is 0.0133. The van der Waals surface area contributed by atoms with Crippen LogP contribution in [0.5, 0.6) is 0 Å². The molecule has 3 rings (SSSR count). The average Bonchev–Trinajstić information content (AvgIpc) is 2.82. The van der Waals surface area contributed by atoms with Crippen molar-refractivity contribution in [2.24, 2.45) is 0 Å². The number of rotatable bonds is 7. The summed E-state index contributed by atoms with van der Waals surface area (Å²) in [5.74, 6) is -0.359. The van der Waals surface area contributed by atoms with Gasteiger partial charge in [0.2, 0.25) is 5.91 Å². The number of likely N-dealkylation sites (N-methyl/N-ethyl adjacent to an activating group) is 1. The summed E-state index contributed by atoms with van der Waals surface area (Å²) in [7, 11) is 3.96. The van der Waals surface area contributed by atoms with Gasteiger partial charge in [-0.2, -0.15) is 0 Å². The lowest BCUT2D eigenvalue weighted by atomic mass is 10.1. The average molecular weight is 431 g/mol. The zero-order valence-corrected chi connectivity index (χ0v) is 18.4. The van der Waals surface area contributed by atoms with Crippen LogP contribution in [0.3, 0.4) is 0 Å². The lowest BCUT2D eigenvalue weighted by Gasteiger charge is -2.24. The van der Waals surface area contributed by atoms with Gasteiger partial charge in [0.15, 0.2) is 0 Å². The zero-order chi connectivity index (χ0) is 21.7. The molecule has 0 aliphatic carbocycles. The number of pyridine rings is 1. The van der Waals surface area contributed by atoms with E-state index in [4.69, 9.17) is 16.3 Å². The van der Waals surface area contributed by atoms with Gasteiger partial charge in [-0.25, -0.2) is 4.79 Å². The van der Waals surface area contributed by atoms with E-state index in [0.717, 1.165) is 17.8 Å². The number of carbonyl (C=O) groups is 2. The molecule has 0 fully saturated rings. The molecule has 30 heavy (non-hydrogen) atoms. The van der Waals surface area contributed by atoms with Crippen LogP contribution in [0.25, 0.3) is 0 Å². The molecule has 0 bridgehead atoms. The van der Waals surface area contributed by atoms with Crippen LogP contribution >= 0.6 is 11.6 Å². The molecule has 160 valence electrons. The van der Waals surface area contributed by atoms with Gasteiger partial charge in [0, 0.05) is 43.1 Å². The maximum Gasteiger partial charge on any atom is 0.338 e. The number of fused-ring (bicyclic) bond motifs is 1. The van der Waals surface area contributed by atoms with Crippen molar-refractivity contribution in [1.29, 1.82) is 0 Å². The summed E-state index contributed by atoms with van der Waals surface area (Å²) in [6.07, 6.45) is 1.60. The molecule has 1 aromatic heterocycles. The van der Waals surface area contributed by atoms with Crippen molar-refractivity contribution in [3.05, 3.63) is 58.4 Å². The fourth-order valence-electron chi connectivity index (χ4n) is 3.42. The van der Waals surface area contributed by atoms with Gasteiger partial charge in [-0.3, -0.25) is 14.7 Å². The molecule has 1 aliphatic rings. The van der Waals surface area contributed by atoms with E-state index < -0.39 is 0 Å². The fraction of sp³-hybridized carbons (Fsp3) is 0.409. The lowest BCUT2D eigenvalue weighted by molar-refractivity contribution is -0.119. The van der Waals surface area contributed by atoms with Crippen LogP contribution in [0.2, 0.25) is 5.02 Å². The van der Waals surface area contributed by atoms with E-state index in [0.29, 0.717) is 42.5 Å². The Labute approximate surface area is 182 Å². The molecular formula is C22H27ClN4O3. The van der Waals surface area contributed by atoms with Gasteiger partial charge >= 0.3 is 5.97 Å². The highest BCUT2D eigenvalue weighted by Crippen LogP contribution is 2.29. The fourth-order valence-corrected chi connectivity index (χ4v) is 3.59. The molecule has 0 N–H and O–H groups in total. The van der Waals surface area contributed by atoms with Crippen LogP contribution in [0, 0.1) is 0 Å². The summed E-state index contributed by atoms with van der Waals surface area (Å²) >= 11 is 6.23. The number of nitrogens with zero attached hydrogens (tertiary/aromatic N) is 4. The minimum Gasteiger partial charge on any atom is -0.462 e. The maximum absolute atomic E-state index is 13.1. The van der Waals surface area contributed by atoms with Crippen LogP contribution in [-0.2, 0) is 22.6 Å². The molecule has 2 heterocycles. The van der Waals surface area contributed by atoms with E-state index in [2.05, 4.69) is 4.98 Å². The Bertz CT molecular complexity index is 919. The van der Waals surface area contributed by atoms with Crippen molar-refractivity contribution in [2.75, 3.05) is 45.2 Å². The predicted octanol–water partition coefficient (Wildman–Crippen LogP) is 2.82. The Morgan fingerprint density at radius 1 is 1.23 bits per heavy atom. The molecule has 1 aromatic carbocycles. The number of esters is 1. The standard InChI is InChI=1S/C22H27ClN4O3/c1-4-30-22(29)16-7-8-24-19(11-16)14-26-13-17-5-6-18(23)12-20(17)27(21(28)15-26)10-9-25(2)3/h5-8,11-12H,4,9-10,13-15H2,1-3H3. The predicted molar refractivity (Wildman–Crippen MR) is 117 cm³/mol. The molecule has 8 heteroatoms. The van der Waals surface area contributed by atoms with Crippen LogP contribution in [0.1, 0.15) is 28.5 Å². The normalized spacial score (nSPS) is 14.6. The lowest BCUT2D eigenvalue weighted by Crippen LogP contribution is -2.40. The Balaban J connectivity index is 1.83. The molecule has 0 saturated heterocycles. The van der Waals surface area contributed by atoms with E-state index in [1.165, 1.54) is 0 Å². The highest BCUT2D eigenvalue weighted by Gasteiger charge is 2.27. The summed E-state index contributed by atoms with van der Waals surface area (Å²) in [5, 5.41) is 0.605. The third-order valence-corrected chi connectivity index (χ3v) is 5.11. The summed E-state index contributed by atoms with van der Waals surface area (Å²) in [6, 6.07) is 9.02. The third kappa shape index (κ3) is 5.56. The molecule has 1 aliphatic heterocycles. The van der Waals surface area contributed by atoms with Crippen molar-refractivity contribution in [3.8, 4) is 0 Å². The molecule has 7 nitrogen and oxygen atoms in total. The summed E-state index contributed by atoms with van der Waals surface area (Å²) in [6.45, 7) is 4.72. The van der Waals surface area contributed by atoms with E-state index in [9.17, 15) is 9.59 Å². The summed E-state index contributed by atoms with van der Waals surface area (Å²) in [4.78, 5) is 35.4. The zero-order valence-electron chi connectivity index (χ0n) is 17.6. The largest absolute Gasteiger partial charge is 0.462 e. The SMILES string of the molecule is CCOC(=O)c1ccnc(CN2CC(=O)N(CCN(C)C)c3cc(Cl)ccc3C2)c1. The van der Waals surface area contributed by atoms with Crippen molar-refractivity contribution in [1.82, 2.24) is 14.8 Å². The number of ether oxygens (including phenoxy) is 1. The van der Waals surface area contributed by atoms with E-state index >= 15 is 0 Å². The van der Waals surface area contributed by atoms with Crippen LogP contribution in [0.15, 0.2) is 36.5 Å². The van der Waals surface area contributed by atoms with E-state index in [1.807, 2.05) is 47.0 Å². The highest BCUT2D eigenvalue weighted by molar-refractivity contribution is 6.31. The third-order valence-electron chi connectivity index (χ3n) is 4.88. The topological polar surface area (TPSA) is 66.0 Å². The number of benzene rings is 1. The van der Waals surface area contributed by atoms with Gasteiger partial charge in [0.1, 0.15) is 0 Å². The molecule has 0 unspecified atom stereocenters. The van der Waals surface area contributed by atoms with Gasteiger partial charge in [-0.05, 0) is 50.8 Å². The number of aromatic nitrogens is 1. The Morgan fingerprint density at radius 2 is 2.03 bits per heavy atom. The van der Waals surface area contributed by atoms with Gasteiger partial charge < -0.3 is 14.5 Å².